The van der Waals surface area contributed by atoms with Gasteiger partial charge in [-0.15, -0.1) is 0 Å². The van der Waals surface area contributed by atoms with E-state index in [1.54, 1.807) is 43.3 Å². The molecule has 11 heteroatoms. The van der Waals surface area contributed by atoms with Crippen molar-refractivity contribution < 1.29 is 27.5 Å². The van der Waals surface area contributed by atoms with Crippen LogP contribution in [0, 0.1) is 0 Å². The molecule has 3 aromatic carbocycles. The summed E-state index contributed by atoms with van der Waals surface area (Å²) in [5.41, 5.74) is 1.04. The maximum atomic E-state index is 14.0. The average molecular weight is 631 g/mol. The van der Waals surface area contributed by atoms with Crippen molar-refractivity contribution >= 4 is 43.5 Å². The minimum Gasteiger partial charge on any atom is -0.486 e. The fraction of sp³-hybridized carbons (Fsp3) is 0.310. The van der Waals surface area contributed by atoms with Crippen LogP contribution in [0.4, 0.5) is 5.69 Å². The maximum absolute atomic E-state index is 14.0. The lowest BCUT2D eigenvalue weighted by Gasteiger charge is -2.32. The zero-order chi connectivity index (χ0) is 28.7. The third-order valence-corrected chi connectivity index (χ3v) is 8.72. The molecule has 1 aliphatic heterocycles. The minimum atomic E-state index is -4.17. The van der Waals surface area contributed by atoms with Gasteiger partial charge in [0.2, 0.25) is 11.8 Å². The molecule has 0 saturated heterocycles. The number of sulfonamides is 1. The first kappa shape index (κ1) is 29.4. The van der Waals surface area contributed by atoms with E-state index in [4.69, 9.17) is 9.47 Å². The molecule has 1 atom stereocenters. The van der Waals surface area contributed by atoms with Crippen LogP contribution < -0.4 is 19.1 Å². The standard InChI is InChI=1S/C29H32BrN3O6S/c1-3-15-31-29(35)21(2)32(19-22-9-11-23(30)12-10-22)28(34)20-33(40(36,37)25-7-5-4-6-8-25)24-13-14-26-27(18-24)39-17-16-38-26/h4-14,18,21H,3,15-17,19-20H2,1-2H3,(H,31,35)/t21-/m1/s1. The van der Waals surface area contributed by atoms with E-state index in [9.17, 15) is 18.0 Å². The Hall–Kier alpha value is -3.57. The Labute approximate surface area is 243 Å². The van der Waals surface area contributed by atoms with Gasteiger partial charge in [0.1, 0.15) is 25.8 Å². The lowest BCUT2D eigenvalue weighted by atomic mass is 10.1. The van der Waals surface area contributed by atoms with Crippen molar-refractivity contribution in [2.45, 2.75) is 37.8 Å². The average Bonchev–Trinajstić information content (AvgIpc) is 2.98. The van der Waals surface area contributed by atoms with E-state index >= 15 is 0 Å². The van der Waals surface area contributed by atoms with Gasteiger partial charge in [0.15, 0.2) is 11.5 Å². The van der Waals surface area contributed by atoms with E-state index in [1.807, 2.05) is 31.2 Å². The normalized spacial score (nSPS) is 13.3. The Morgan fingerprint density at radius 3 is 2.33 bits per heavy atom. The third kappa shape index (κ3) is 6.95. The summed E-state index contributed by atoms with van der Waals surface area (Å²) >= 11 is 3.41. The number of hydrogen-bond donors (Lipinski definition) is 1. The first-order valence-corrected chi connectivity index (χ1v) is 15.2. The number of rotatable bonds is 11. The zero-order valence-electron chi connectivity index (χ0n) is 22.4. The van der Waals surface area contributed by atoms with Gasteiger partial charge in [-0.25, -0.2) is 8.42 Å². The van der Waals surface area contributed by atoms with Crippen molar-refractivity contribution in [3.05, 3.63) is 82.8 Å². The van der Waals surface area contributed by atoms with E-state index in [0.29, 0.717) is 31.3 Å². The number of nitrogens with one attached hydrogen (secondary N) is 1. The van der Waals surface area contributed by atoms with Crippen molar-refractivity contribution in [2.75, 3.05) is 30.6 Å². The number of ether oxygens (including phenoxy) is 2. The highest BCUT2D eigenvalue weighted by molar-refractivity contribution is 9.10. The van der Waals surface area contributed by atoms with Crippen LogP contribution in [0.3, 0.4) is 0 Å². The highest BCUT2D eigenvalue weighted by Gasteiger charge is 2.33. The number of nitrogens with zero attached hydrogens (tertiary/aromatic N) is 2. The van der Waals surface area contributed by atoms with Crippen molar-refractivity contribution in [2.24, 2.45) is 0 Å². The molecule has 40 heavy (non-hydrogen) atoms. The van der Waals surface area contributed by atoms with Gasteiger partial charge in [0.05, 0.1) is 10.6 Å². The van der Waals surface area contributed by atoms with Crippen LogP contribution in [0.2, 0.25) is 0 Å². The molecule has 0 saturated carbocycles. The second kappa shape index (κ2) is 13.2. The topological polar surface area (TPSA) is 105 Å². The van der Waals surface area contributed by atoms with Gasteiger partial charge in [-0.2, -0.15) is 0 Å². The summed E-state index contributed by atoms with van der Waals surface area (Å²) in [7, 11) is -4.17. The Bertz CT molecular complexity index is 1430. The van der Waals surface area contributed by atoms with Crippen molar-refractivity contribution in [1.82, 2.24) is 10.2 Å². The van der Waals surface area contributed by atoms with Gasteiger partial charge >= 0.3 is 0 Å². The first-order valence-electron chi connectivity index (χ1n) is 13.0. The summed E-state index contributed by atoms with van der Waals surface area (Å²) in [6.07, 6.45) is 0.742. The molecule has 3 aromatic rings. The van der Waals surface area contributed by atoms with Crippen molar-refractivity contribution in [1.29, 1.82) is 0 Å². The highest BCUT2D eigenvalue weighted by Crippen LogP contribution is 2.36. The molecule has 4 rings (SSSR count). The smallest absolute Gasteiger partial charge is 0.264 e. The predicted molar refractivity (Wildman–Crippen MR) is 156 cm³/mol. The summed E-state index contributed by atoms with van der Waals surface area (Å²) in [4.78, 5) is 28.3. The molecule has 0 spiro atoms. The van der Waals surface area contributed by atoms with Gasteiger partial charge in [0.25, 0.3) is 10.0 Å². The number of carbonyl (C=O) groups excluding carboxylic acids is 2. The lowest BCUT2D eigenvalue weighted by Crippen LogP contribution is -2.51. The van der Waals surface area contributed by atoms with Gasteiger partial charge in [-0.1, -0.05) is 53.2 Å². The molecule has 9 nitrogen and oxygen atoms in total. The summed E-state index contributed by atoms with van der Waals surface area (Å²) < 4.78 is 41.0. The quantitative estimate of drug-likeness (QED) is 0.338. The highest BCUT2D eigenvalue weighted by atomic mass is 79.9. The molecule has 0 unspecified atom stereocenters. The third-order valence-electron chi connectivity index (χ3n) is 6.41. The molecule has 0 fully saturated rings. The fourth-order valence-corrected chi connectivity index (χ4v) is 5.89. The number of amides is 2. The molecule has 212 valence electrons. The van der Waals surface area contributed by atoms with Gasteiger partial charge in [-0.05, 0) is 55.3 Å². The Kier molecular flexibility index (Phi) is 9.70. The number of hydrogen-bond acceptors (Lipinski definition) is 6. The number of carbonyl (C=O) groups is 2. The molecule has 0 radical (unpaired) electrons. The zero-order valence-corrected chi connectivity index (χ0v) is 24.8. The number of benzene rings is 3. The summed E-state index contributed by atoms with van der Waals surface area (Å²) in [5, 5.41) is 2.84. The largest absolute Gasteiger partial charge is 0.486 e. The number of fused-ring (bicyclic) bond motifs is 1. The molecule has 0 aliphatic carbocycles. The monoisotopic (exact) mass is 629 g/mol. The number of halogens is 1. The van der Waals surface area contributed by atoms with Crippen molar-refractivity contribution in [3.63, 3.8) is 0 Å². The molecule has 1 aliphatic rings. The minimum absolute atomic E-state index is 0.0332. The summed E-state index contributed by atoms with van der Waals surface area (Å²) in [5.74, 6) is 0.0422. The molecule has 0 bridgehead atoms. The van der Waals surface area contributed by atoms with Gasteiger partial charge in [0, 0.05) is 23.6 Å². The number of anilines is 1. The Morgan fingerprint density at radius 2 is 1.65 bits per heavy atom. The summed E-state index contributed by atoms with van der Waals surface area (Å²) in [6, 6.07) is 19.2. The van der Waals surface area contributed by atoms with Crippen LogP contribution in [0.15, 0.2) is 82.2 Å². The SMILES string of the molecule is CCCNC(=O)[C@@H](C)N(Cc1ccc(Br)cc1)C(=O)CN(c1ccc2c(c1)OCCO2)S(=O)(=O)c1ccccc1. The van der Waals surface area contributed by atoms with Crippen LogP contribution in [-0.4, -0.2) is 57.5 Å². The molecule has 0 aromatic heterocycles. The Morgan fingerprint density at radius 1 is 0.975 bits per heavy atom. The lowest BCUT2D eigenvalue weighted by molar-refractivity contribution is -0.139. The fourth-order valence-electron chi connectivity index (χ4n) is 4.20. The molecule has 2 amide bonds. The van der Waals surface area contributed by atoms with E-state index in [1.165, 1.54) is 17.0 Å². The Balaban J connectivity index is 1.71. The molecular weight excluding hydrogens is 598 g/mol. The molecule has 1 N–H and O–H groups in total. The van der Waals surface area contributed by atoms with E-state index in [-0.39, 0.29) is 23.0 Å². The second-order valence-electron chi connectivity index (χ2n) is 9.27. The van der Waals surface area contributed by atoms with Crippen LogP contribution in [0.1, 0.15) is 25.8 Å². The van der Waals surface area contributed by atoms with E-state index in [0.717, 1.165) is 20.8 Å². The molecule has 1 heterocycles. The van der Waals surface area contributed by atoms with Crippen LogP contribution in [0.25, 0.3) is 0 Å². The maximum Gasteiger partial charge on any atom is 0.264 e. The van der Waals surface area contributed by atoms with E-state index < -0.39 is 28.5 Å². The molecular formula is C29H32BrN3O6S. The van der Waals surface area contributed by atoms with Crippen LogP contribution >= 0.6 is 15.9 Å². The van der Waals surface area contributed by atoms with Crippen LogP contribution in [-0.2, 0) is 26.2 Å². The summed E-state index contributed by atoms with van der Waals surface area (Å²) in [6.45, 7) is 4.35. The van der Waals surface area contributed by atoms with Crippen LogP contribution in [0.5, 0.6) is 11.5 Å². The van der Waals surface area contributed by atoms with E-state index in [2.05, 4.69) is 21.2 Å². The second-order valence-corrected chi connectivity index (χ2v) is 12.0. The van der Waals surface area contributed by atoms with Crippen molar-refractivity contribution in [3.8, 4) is 11.5 Å². The van der Waals surface area contributed by atoms with Gasteiger partial charge in [-0.3, -0.25) is 13.9 Å². The first-order chi connectivity index (χ1) is 19.2. The predicted octanol–water partition coefficient (Wildman–Crippen LogP) is 4.36. The van der Waals surface area contributed by atoms with Gasteiger partial charge < -0.3 is 19.7 Å².